The number of halogens is 1. The van der Waals surface area contributed by atoms with Crippen molar-refractivity contribution >= 4 is 40.1 Å². The second-order valence-corrected chi connectivity index (χ2v) is 5.05. The number of hydrogen-bond acceptors (Lipinski definition) is 4. The van der Waals surface area contributed by atoms with Crippen LogP contribution in [0.15, 0.2) is 29.9 Å². The molecule has 3 nitrogen and oxygen atoms in total. The predicted molar refractivity (Wildman–Crippen MR) is 73.8 cm³/mol. The molecule has 0 bridgehead atoms. The van der Waals surface area contributed by atoms with E-state index in [4.69, 9.17) is 34.3 Å². The molecule has 88 valence electrons. The van der Waals surface area contributed by atoms with Gasteiger partial charge in [0, 0.05) is 6.20 Å². The zero-order valence-corrected chi connectivity index (χ0v) is 11.1. The number of benzene rings is 1. The third-order valence-electron chi connectivity index (χ3n) is 2.08. The number of hydrogen-bond donors (Lipinski definition) is 1. The number of thiazole rings is 1. The summed E-state index contributed by atoms with van der Waals surface area (Å²) in [5.41, 5.74) is 7.95. The average molecular weight is 285 g/mol. The fourth-order valence-electron chi connectivity index (χ4n) is 1.33. The third-order valence-corrected chi connectivity index (χ3v) is 3.35. The monoisotopic (exact) mass is 284 g/mol. The van der Waals surface area contributed by atoms with Crippen molar-refractivity contribution in [1.82, 2.24) is 4.98 Å². The van der Waals surface area contributed by atoms with E-state index in [0.717, 1.165) is 4.88 Å². The Kier molecular flexibility index (Phi) is 3.93. The van der Waals surface area contributed by atoms with Crippen LogP contribution in [0.1, 0.15) is 10.4 Å². The lowest BCUT2D eigenvalue weighted by Crippen LogP contribution is -2.12. The molecule has 0 aliphatic heterocycles. The van der Waals surface area contributed by atoms with E-state index in [1.54, 1.807) is 29.9 Å². The quantitative estimate of drug-likeness (QED) is 0.877. The number of thiocarbonyl (C=S) groups is 1. The van der Waals surface area contributed by atoms with Gasteiger partial charge in [-0.05, 0) is 12.1 Å². The zero-order valence-electron chi connectivity index (χ0n) is 8.72. The Labute approximate surface area is 113 Å². The van der Waals surface area contributed by atoms with Gasteiger partial charge in [0.05, 0.1) is 21.0 Å². The maximum Gasteiger partial charge on any atom is 0.131 e. The summed E-state index contributed by atoms with van der Waals surface area (Å²) in [6.45, 7) is 0.431. The molecule has 0 spiro atoms. The first-order chi connectivity index (χ1) is 8.18. The molecule has 0 saturated carbocycles. The lowest BCUT2D eigenvalue weighted by Gasteiger charge is -2.10. The van der Waals surface area contributed by atoms with E-state index in [0.29, 0.717) is 22.9 Å². The van der Waals surface area contributed by atoms with Gasteiger partial charge in [-0.1, -0.05) is 29.9 Å². The number of nitrogens with two attached hydrogens (primary N) is 1. The molecule has 2 N–H and O–H groups in total. The maximum atomic E-state index is 6.03. The third kappa shape index (κ3) is 2.94. The molecule has 0 unspecified atom stereocenters. The first-order valence-electron chi connectivity index (χ1n) is 4.77. The SMILES string of the molecule is NC(=S)c1c(Cl)cccc1OCc1cncs1. The van der Waals surface area contributed by atoms with Crippen LogP contribution in [0.5, 0.6) is 5.75 Å². The Bertz CT molecular complexity index is 528. The van der Waals surface area contributed by atoms with Crippen molar-refractivity contribution in [3.8, 4) is 5.75 Å². The molecule has 0 radical (unpaired) electrons. The Balaban J connectivity index is 2.21. The van der Waals surface area contributed by atoms with E-state index >= 15 is 0 Å². The standard InChI is InChI=1S/C11H9ClN2OS2/c12-8-2-1-3-9(10(8)11(13)16)15-5-7-4-14-6-17-7/h1-4,6H,5H2,(H2,13,16). The zero-order chi connectivity index (χ0) is 12.3. The molecule has 0 saturated heterocycles. The van der Waals surface area contributed by atoms with Crippen molar-refractivity contribution < 1.29 is 4.74 Å². The Morgan fingerprint density at radius 1 is 1.53 bits per heavy atom. The molecule has 0 aliphatic carbocycles. The van der Waals surface area contributed by atoms with Gasteiger partial charge in [0.15, 0.2) is 0 Å². The normalized spacial score (nSPS) is 10.2. The summed E-state index contributed by atoms with van der Waals surface area (Å²) in [6.07, 6.45) is 1.76. The molecule has 2 aromatic rings. The molecular weight excluding hydrogens is 276 g/mol. The molecule has 0 amide bonds. The van der Waals surface area contributed by atoms with Gasteiger partial charge in [0.25, 0.3) is 0 Å². The highest BCUT2D eigenvalue weighted by molar-refractivity contribution is 7.80. The van der Waals surface area contributed by atoms with E-state index in [1.807, 2.05) is 0 Å². The van der Waals surface area contributed by atoms with Crippen molar-refractivity contribution in [2.45, 2.75) is 6.61 Å². The van der Waals surface area contributed by atoms with Gasteiger partial charge in [-0.15, -0.1) is 11.3 Å². The molecule has 1 aromatic heterocycles. The summed E-state index contributed by atoms with van der Waals surface area (Å²) in [7, 11) is 0. The van der Waals surface area contributed by atoms with Crippen LogP contribution < -0.4 is 10.5 Å². The second-order valence-electron chi connectivity index (χ2n) is 3.23. The average Bonchev–Trinajstić information content (AvgIpc) is 2.78. The van der Waals surface area contributed by atoms with Gasteiger partial charge in [0.1, 0.15) is 17.3 Å². The minimum absolute atomic E-state index is 0.231. The number of rotatable bonds is 4. The number of nitrogens with zero attached hydrogens (tertiary/aromatic N) is 1. The summed E-state index contributed by atoms with van der Waals surface area (Å²) in [5, 5.41) is 0.499. The van der Waals surface area contributed by atoms with Crippen molar-refractivity contribution in [2.75, 3.05) is 0 Å². The Morgan fingerprint density at radius 2 is 2.35 bits per heavy atom. The van der Waals surface area contributed by atoms with Crippen molar-refractivity contribution in [3.63, 3.8) is 0 Å². The summed E-state index contributed by atoms with van der Waals surface area (Å²) < 4.78 is 5.64. The number of ether oxygens (including phenoxy) is 1. The van der Waals surface area contributed by atoms with Crippen LogP contribution in [0.3, 0.4) is 0 Å². The highest BCUT2D eigenvalue weighted by atomic mass is 35.5. The Morgan fingerprint density at radius 3 is 3.00 bits per heavy atom. The predicted octanol–water partition coefficient (Wildman–Crippen LogP) is 3.01. The van der Waals surface area contributed by atoms with E-state index in [1.165, 1.54) is 11.3 Å². The largest absolute Gasteiger partial charge is 0.487 e. The van der Waals surface area contributed by atoms with Crippen LogP contribution in [0.2, 0.25) is 5.02 Å². The topological polar surface area (TPSA) is 48.1 Å². The van der Waals surface area contributed by atoms with E-state index < -0.39 is 0 Å². The highest BCUT2D eigenvalue weighted by Crippen LogP contribution is 2.27. The fraction of sp³-hybridized carbons (Fsp3) is 0.0909. The van der Waals surface area contributed by atoms with Crippen molar-refractivity contribution in [1.29, 1.82) is 0 Å². The maximum absolute atomic E-state index is 6.03. The lowest BCUT2D eigenvalue weighted by molar-refractivity contribution is 0.309. The first kappa shape index (κ1) is 12.3. The van der Waals surface area contributed by atoms with Gasteiger partial charge >= 0.3 is 0 Å². The fourth-order valence-corrected chi connectivity index (χ4v) is 2.37. The van der Waals surface area contributed by atoms with Gasteiger partial charge in [-0.25, -0.2) is 0 Å². The molecule has 0 fully saturated rings. The second kappa shape index (κ2) is 5.44. The molecule has 6 heteroatoms. The molecular formula is C11H9ClN2OS2. The first-order valence-corrected chi connectivity index (χ1v) is 6.43. The van der Waals surface area contributed by atoms with E-state index in [2.05, 4.69) is 4.98 Å². The Hall–Kier alpha value is -1.17. The smallest absolute Gasteiger partial charge is 0.131 e. The molecule has 0 aliphatic rings. The minimum Gasteiger partial charge on any atom is -0.487 e. The van der Waals surface area contributed by atoms with Crippen LogP contribution in [0, 0.1) is 0 Å². The summed E-state index contributed by atoms with van der Waals surface area (Å²) in [6, 6.07) is 5.32. The lowest BCUT2D eigenvalue weighted by atomic mass is 10.2. The van der Waals surface area contributed by atoms with Crippen molar-refractivity contribution in [2.24, 2.45) is 5.73 Å². The molecule has 1 aromatic carbocycles. The molecule has 17 heavy (non-hydrogen) atoms. The molecule has 2 rings (SSSR count). The summed E-state index contributed by atoms with van der Waals surface area (Å²) >= 11 is 12.5. The molecule has 1 heterocycles. The van der Waals surface area contributed by atoms with Crippen LogP contribution >= 0.6 is 35.2 Å². The van der Waals surface area contributed by atoms with Gasteiger partial charge in [0.2, 0.25) is 0 Å². The van der Waals surface area contributed by atoms with E-state index in [9.17, 15) is 0 Å². The van der Waals surface area contributed by atoms with Crippen LogP contribution in [0.4, 0.5) is 0 Å². The van der Waals surface area contributed by atoms with Gasteiger partial charge < -0.3 is 10.5 Å². The summed E-state index contributed by atoms with van der Waals surface area (Å²) in [5.74, 6) is 0.596. The van der Waals surface area contributed by atoms with E-state index in [-0.39, 0.29) is 4.99 Å². The minimum atomic E-state index is 0.231. The van der Waals surface area contributed by atoms with Crippen molar-refractivity contribution in [3.05, 3.63) is 45.4 Å². The summed E-state index contributed by atoms with van der Waals surface area (Å²) in [4.78, 5) is 5.23. The van der Waals surface area contributed by atoms with Crippen LogP contribution in [-0.2, 0) is 6.61 Å². The highest BCUT2D eigenvalue weighted by Gasteiger charge is 2.11. The van der Waals surface area contributed by atoms with Crippen LogP contribution in [-0.4, -0.2) is 9.97 Å². The van der Waals surface area contributed by atoms with Gasteiger partial charge in [-0.3, -0.25) is 4.98 Å². The van der Waals surface area contributed by atoms with Gasteiger partial charge in [-0.2, -0.15) is 0 Å². The van der Waals surface area contributed by atoms with Crippen LogP contribution in [0.25, 0.3) is 0 Å². The number of aromatic nitrogens is 1. The molecule has 0 atom stereocenters.